The van der Waals surface area contributed by atoms with Crippen molar-refractivity contribution in [3.8, 4) is 0 Å². The van der Waals surface area contributed by atoms with Crippen LogP contribution in [0.5, 0.6) is 0 Å². The number of aliphatic carboxylic acids is 1. The molecule has 2 aliphatic heterocycles. The number of sulfonamides is 1. The molecule has 27 heavy (non-hydrogen) atoms. The van der Waals surface area contributed by atoms with Gasteiger partial charge < -0.3 is 5.11 Å². The van der Waals surface area contributed by atoms with E-state index in [1.54, 1.807) is 11.3 Å². The first-order valence-corrected chi connectivity index (χ1v) is 11.1. The van der Waals surface area contributed by atoms with Gasteiger partial charge in [-0.05, 0) is 37.1 Å². The second-order valence-electron chi connectivity index (χ2n) is 6.92. The highest BCUT2D eigenvalue weighted by Gasteiger charge is 2.50. The summed E-state index contributed by atoms with van der Waals surface area (Å²) in [6.45, 7) is 2.75. The molecular weight excluding hydrogens is 405 g/mol. The Morgan fingerprint density at radius 2 is 1.81 bits per heavy atom. The second kappa shape index (κ2) is 7.69. The summed E-state index contributed by atoms with van der Waals surface area (Å²) >= 11 is 1.79. The molecule has 1 aliphatic carbocycles. The molecule has 0 aromatic carbocycles. The van der Waals surface area contributed by atoms with E-state index in [1.165, 1.54) is 4.88 Å². The van der Waals surface area contributed by atoms with E-state index in [0.717, 1.165) is 45.3 Å². The van der Waals surface area contributed by atoms with Crippen LogP contribution in [0.25, 0.3) is 0 Å². The van der Waals surface area contributed by atoms with E-state index < -0.39 is 22.2 Å². The number of hydrogen-bond acceptors (Lipinski definition) is 5. The van der Waals surface area contributed by atoms with Crippen LogP contribution in [0.15, 0.2) is 17.5 Å². The molecule has 3 aliphatic rings. The molecule has 0 radical (unpaired) electrons. The summed E-state index contributed by atoms with van der Waals surface area (Å²) in [5.41, 5.74) is 0. The molecule has 152 valence electrons. The number of carboxylic acids is 1. The number of likely N-dealkylation sites (tertiary alicyclic amines) is 1. The fourth-order valence-electron chi connectivity index (χ4n) is 3.71. The van der Waals surface area contributed by atoms with Gasteiger partial charge in [-0.25, -0.2) is 13.2 Å². The lowest BCUT2D eigenvalue weighted by Crippen LogP contribution is -2.40. The molecule has 2 atom stereocenters. The first kappa shape index (κ1) is 20.6. The van der Waals surface area contributed by atoms with Crippen LogP contribution in [0, 0.1) is 0 Å². The van der Waals surface area contributed by atoms with Crippen molar-refractivity contribution in [1.82, 2.24) is 9.21 Å². The highest BCUT2D eigenvalue weighted by atomic mass is 32.2. The summed E-state index contributed by atoms with van der Waals surface area (Å²) in [6, 6.07) is 4.93. The Hall–Kier alpha value is -1.17. The molecule has 0 unspecified atom stereocenters. The standard InChI is InChI=1S/C14H20N2O2S2.C2HF3O2/c17-20(18,12-3-4-12)16-8-6-13-14(16)5-7-15(13)10-11-2-1-9-19-11;3-2(4,5)1(6)7/h1-2,9,12-14H,3-8,10H2;(H,6,7)/t13-,14+;/m1./s1. The molecular formula is C16H21F3N2O4S2. The lowest BCUT2D eigenvalue weighted by Gasteiger charge is -2.25. The largest absolute Gasteiger partial charge is 0.490 e. The average Bonchev–Trinajstić information content (AvgIpc) is 3.00. The maximum Gasteiger partial charge on any atom is 0.490 e. The molecule has 4 rings (SSSR count). The van der Waals surface area contributed by atoms with Gasteiger partial charge in [-0.3, -0.25) is 4.90 Å². The fraction of sp³-hybridized carbons (Fsp3) is 0.688. The van der Waals surface area contributed by atoms with Gasteiger partial charge in [-0.1, -0.05) is 6.07 Å². The Labute approximate surface area is 159 Å². The highest BCUT2D eigenvalue weighted by molar-refractivity contribution is 7.90. The quantitative estimate of drug-likeness (QED) is 0.801. The van der Waals surface area contributed by atoms with Crippen LogP contribution in [0.1, 0.15) is 30.6 Å². The van der Waals surface area contributed by atoms with Crippen molar-refractivity contribution in [2.45, 2.75) is 55.7 Å². The highest BCUT2D eigenvalue weighted by Crippen LogP contribution is 2.39. The molecule has 3 heterocycles. The SMILES string of the molecule is O=C(O)C(F)(F)F.O=S(=O)(C1CC1)N1CC[C@@H]2[C@@H]1CCN2Cc1cccs1. The first-order chi connectivity index (χ1) is 12.6. The van der Waals surface area contributed by atoms with E-state index in [4.69, 9.17) is 9.90 Å². The first-order valence-electron chi connectivity index (χ1n) is 8.68. The Balaban J connectivity index is 0.000000260. The van der Waals surface area contributed by atoms with E-state index >= 15 is 0 Å². The zero-order valence-corrected chi connectivity index (χ0v) is 16.1. The Bertz CT molecular complexity index is 763. The smallest absolute Gasteiger partial charge is 0.475 e. The maximum atomic E-state index is 12.5. The molecule has 0 amide bonds. The van der Waals surface area contributed by atoms with Crippen molar-refractivity contribution in [3.05, 3.63) is 22.4 Å². The van der Waals surface area contributed by atoms with Gasteiger partial charge in [0.15, 0.2) is 0 Å². The minimum Gasteiger partial charge on any atom is -0.475 e. The Morgan fingerprint density at radius 1 is 1.19 bits per heavy atom. The molecule has 3 fully saturated rings. The number of rotatable bonds is 4. The van der Waals surface area contributed by atoms with E-state index in [1.807, 2.05) is 4.31 Å². The number of carbonyl (C=O) groups is 1. The third-order valence-corrected chi connectivity index (χ3v) is 8.38. The zero-order valence-electron chi connectivity index (χ0n) is 14.4. The van der Waals surface area contributed by atoms with Gasteiger partial charge >= 0.3 is 12.1 Å². The maximum absolute atomic E-state index is 12.5. The molecule has 1 N–H and O–H groups in total. The Kier molecular flexibility index (Phi) is 5.85. The van der Waals surface area contributed by atoms with E-state index in [9.17, 15) is 21.6 Å². The third kappa shape index (κ3) is 4.64. The van der Waals surface area contributed by atoms with Crippen molar-refractivity contribution in [2.24, 2.45) is 0 Å². The molecule has 0 bridgehead atoms. The topological polar surface area (TPSA) is 77.9 Å². The fourth-order valence-corrected chi connectivity index (χ4v) is 6.54. The van der Waals surface area contributed by atoms with Crippen LogP contribution in [-0.2, 0) is 21.4 Å². The summed E-state index contributed by atoms with van der Waals surface area (Å²) in [5, 5.41) is 9.18. The number of halogens is 3. The van der Waals surface area contributed by atoms with Crippen molar-refractivity contribution in [3.63, 3.8) is 0 Å². The minimum absolute atomic E-state index is 0.0624. The van der Waals surface area contributed by atoms with Crippen LogP contribution < -0.4 is 0 Å². The molecule has 1 aromatic rings. The zero-order chi connectivity index (χ0) is 19.8. The van der Waals surface area contributed by atoms with Crippen LogP contribution in [0.3, 0.4) is 0 Å². The number of carboxylic acid groups (broad SMARTS) is 1. The van der Waals surface area contributed by atoms with Crippen LogP contribution >= 0.6 is 11.3 Å². The molecule has 1 saturated carbocycles. The van der Waals surface area contributed by atoms with Gasteiger partial charge in [0.25, 0.3) is 0 Å². The third-order valence-electron chi connectivity index (χ3n) is 5.09. The summed E-state index contributed by atoms with van der Waals surface area (Å²) in [4.78, 5) is 12.8. The number of nitrogens with zero attached hydrogens (tertiary/aromatic N) is 2. The monoisotopic (exact) mass is 426 g/mol. The van der Waals surface area contributed by atoms with Gasteiger partial charge in [-0.15, -0.1) is 11.3 Å². The summed E-state index contributed by atoms with van der Waals surface area (Å²) in [6.07, 6.45) is -1.34. The lowest BCUT2D eigenvalue weighted by molar-refractivity contribution is -0.192. The minimum atomic E-state index is -5.08. The molecule has 11 heteroatoms. The molecule has 6 nitrogen and oxygen atoms in total. The van der Waals surface area contributed by atoms with Crippen molar-refractivity contribution in [2.75, 3.05) is 13.1 Å². The van der Waals surface area contributed by atoms with Gasteiger partial charge in [0.05, 0.1) is 5.25 Å². The number of hydrogen-bond donors (Lipinski definition) is 1. The van der Waals surface area contributed by atoms with Gasteiger partial charge in [0.2, 0.25) is 10.0 Å². The predicted octanol–water partition coefficient (Wildman–Crippen LogP) is 2.52. The normalized spacial score (nSPS) is 26.5. The van der Waals surface area contributed by atoms with Gasteiger partial charge in [-0.2, -0.15) is 17.5 Å². The summed E-state index contributed by atoms with van der Waals surface area (Å²) in [5.74, 6) is -2.76. The molecule has 1 aromatic heterocycles. The van der Waals surface area contributed by atoms with E-state index in [0.29, 0.717) is 6.04 Å². The summed E-state index contributed by atoms with van der Waals surface area (Å²) in [7, 11) is -3.00. The molecule has 0 spiro atoms. The summed E-state index contributed by atoms with van der Waals surface area (Å²) < 4.78 is 58.5. The van der Waals surface area contributed by atoms with Crippen molar-refractivity contribution < 1.29 is 31.5 Å². The van der Waals surface area contributed by atoms with Crippen LogP contribution in [0.4, 0.5) is 13.2 Å². The van der Waals surface area contributed by atoms with Gasteiger partial charge in [0, 0.05) is 36.6 Å². The predicted molar refractivity (Wildman–Crippen MR) is 93.9 cm³/mol. The lowest BCUT2D eigenvalue weighted by atomic mass is 10.1. The van der Waals surface area contributed by atoms with Crippen LogP contribution in [0.2, 0.25) is 0 Å². The number of thiophene rings is 1. The van der Waals surface area contributed by atoms with E-state index in [2.05, 4.69) is 22.4 Å². The number of alkyl halides is 3. The Morgan fingerprint density at radius 3 is 2.33 bits per heavy atom. The van der Waals surface area contributed by atoms with Crippen LogP contribution in [-0.4, -0.2) is 65.3 Å². The molecule has 2 saturated heterocycles. The average molecular weight is 426 g/mol. The van der Waals surface area contributed by atoms with Crippen molar-refractivity contribution in [1.29, 1.82) is 0 Å². The van der Waals surface area contributed by atoms with Gasteiger partial charge in [0.1, 0.15) is 0 Å². The van der Waals surface area contributed by atoms with Crippen molar-refractivity contribution >= 4 is 27.3 Å². The number of fused-ring (bicyclic) bond motifs is 1. The second-order valence-corrected chi connectivity index (χ2v) is 10.1. The van der Waals surface area contributed by atoms with E-state index in [-0.39, 0.29) is 11.3 Å².